The first kappa shape index (κ1) is 17.7. The second-order valence-corrected chi connectivity index (χ2v) is 6.66. The zero-order chi connectivity index (χ0) is 17.7. The maximum Gasteiger partial charge on any atom is 0.251 e. The minimum Gasteiger partial charge on any atom is -0.347 e. The smallest absolute Gasteiger partial charge is 0.251 e. The highest BCUT2D eigenvalue weighted by atomic mass is 16.2. The molecule has 126 valence electrons. The lowest BCUT2D eigenvalue weighted by atomic mass is 10.1. The Morgan fingerprint density at radius 3 is 2.29 bits per heavy atom. The first-order valence-corrected chi connectivity index (χ1v) is 7.80. The molecule has 0 heterocycles. The van der Waals surface area contributed by atoms with Crippen LogP contribution in [-0.4, -0.2) is 17.4 Å². The van der Waals surface area contributed by atoms with E-state index in [9.17, 15) is 9.59 Å². The van der Waals surface area contributed by atoms with Crippen molar-refractivity contribution in [3.8, 4) is 0 Å². The van der Waals surface area contributed by atoms with Crippen LogP contribution in [0.1, 0.15) is 42.7 Å². The average Bonchev–Trinajstić information content (AvgIpc) is 2.53. The number of benzene rings is 2. The second kappa shape index (κ2) is 7.27. The Labute approximate surface area is 142 Å². The van der Waals surface area contributed by atoms with Crippen molar-refractivity contribution in [2.75, 3.05) is 5.32 Å². The van der Waals surface area contributed by atoms with E-state index < -0.39 is 6.04 Å². The molecule has 0 fully saturated rings. The Morgan fingerprint density at radius 1 is 1.00 bits per heavy atom. The lowest BCUT2D eigenvalue weighted by molar-refractivity contribution is -0.117. The van der Waals surface area contributed by atoms with Crippen molar-refractivity contribution >= 4 is 17.5 Å². The SMILES string of the molecule is CC(C)(C)NC(=O)c1cccc(NC(=O)C(N)c2ccccc2)c1. The zero-order valence-corrected chi connectivity index (χ0v) is 14.2. The molecule has 0 aliphatic heterocycles. The Bertz CT molecular complexity index is 721. The maximum absolute atomic E-state index is 12.3. The van der Waals surface area contributed by atoms with Crippen molar-refractivity contribution in [3.05, 3.63) is 65.7 Å². The molecule has 0 spiro atoms. The highest BCUT2D eigenvalue weighted by Crippen LogP contribution is 2.16. The number of nitrogens with two attached hydrogens (primary N) is 1. The van der Waals surface area contributed by atoms with Crippen LogP contribution >= 0.6 is 0 Å². The van der Waals surface area contributed by atoms with Crippen molar-refractivity contribution in [3.63, 3.8) is 0 Å². The molecule has 1 atom stereocenters. The lowest BCUT2D eigenvalue weighted by Crippen LogP contribution is -2.40. The molecule has 0 bridgehead atoms. The van der Waals surface area contributed by atoms with Gasteiger partial charge >= 0.3 is 0 Å². The first-order chi connectivity index (χ1) is 11.3. The monoisotopic (exact) mass is 325 g/mol. The molecule has 0 aliphatic rings. The summed E-state index contributed by atoms with van der Waals surface area (Å²) in [6.07, 6.45) is 0. The third-order valence-electron chi connectivity index (χ3n) is 3.32. The van der Waals surface area contributed by atoms with Gasteiger partial charge in [-0.05, 0) is 44.5 Å². The van der Waals surface area contributed by atoms with E-state index in [1.807, 2.05) is 39.0 Å². The predicted molar refractivity (Wildman–Crippen MR) is 95.7 cm³/mol. The van der Waals surface area contributed by atoms with Crippen molar-refractivity contribution in [1.29, 1.82) is 0 Å². The number of amides is 2. The molecular weight excluding hydrogens is 302 g/mol. The molecule has 0 radical (unpaired) electrons. The fourth-order valence-corrected chi connectivity index (χ4v) is 2.18. The summed E-state index contributed by atoms with van der Waals surface area (Å²) >= 11 is 0. The molecule has 0 aromatic heterocycles. The Balaban J connectivity index is 2.09. The molecule has 2 amide bonds. The van der Waals surface area contributed by atoms with Crippen LogP contribution in [0.25, 0.3) is 0 Å². The summed E-state index contributed by atoms with van der Waals surface area (Å²) in [6.45, 7) is 5.74. The summed E-state index contributed by atoms with van der Waals surface area (Å²) in [6, 6.07) is 15.2. The van der Waals surface area contributed by atoms with E-state index >= 15 is 0 Å². The van der Waals surface area contributed by atoms with Crippen molar-refractivity contribution < 1.29 is 9.59 Å². The molecule has 2 aromatic carbocycles. The van der Waals surface area contributed by atoms with E-state index in [1.165, 1.54) is 0 Å². The second-order valence-electron chi connectivity index (χ2n) is 6.66. The summed E-state index contributed by atoms with van der Waals surface area (Å²) in [5.41, 5.74) is 7.40. The van der Waals surface area contributed by atoms with Gasteiger partial charge in [-0.25, -0.2) is 0 Å². The minimum atomic E-state index is -0.766. The number of rotatable bonds is 4. The molecule has 5 heteroatoms. The van der Waals surface area contributed by atoms with Crippen LogP contribution in [0.15, 0.2) is 54.6 Å². The number of carbonyl (C=O) groups is 2. The molecule has 1 unspecified atom stereocenters. The summed E-state index contributed by atoms with van der Waals surface area (Å²) in [7, 11) is 0. The van der Waals surface area contributed by atoms with Gasteiger partial charge in [0.15, 0.2) is 0 Å². The zero-order valence-electron chi connectivity index (χ0n) is 14.2. The van der Waals surface area contributed by atoms with Gasteiger partial charge in [-0.1, -0.05) is 36.4 Å². The van der Waals surface area contributed by atoms with Crippen molar-refractivity contribution in [1.82, 2.24) is 5.32 Å². The van der Waals surface area contributed by atoms with Gasteiger partial charge < -0.3 is 16.4 Å². The molecular formula is C19H23N3O2. The van der Waals surface area contributed by atoms with E-state index in [4.69, 9.17) is 5.73 Å². The van der Waals surface area contributed by atoms with Gasteiger partial charge in [0.2, 0.25) is 5.91 Å². The van der Waals surface area contributed by atoms with Crippen LogP contribution in [0.3, 0.4) is 0 Å². The number of carbonyl (C=O) groups excluding carboxylic acids is 2. The fourth-order valence-electron chi connectivity index (χ4n) is 2.18. The van der Waals surface area contributed by atoms with Crippen LogP contribution in [0.2, 0.25) is 0 Å². The molecule has 0 saturated heterocycles. The van der Waals surface area contributed by atoms with Crippen LogP contribution < -0.4 is 16.4 Å². The van der Waals surface area contributed by atoms with Gasteiger partial charge in [-0.2, -0.15) is 0 Å². The highest BCUT2D eigenvalue weighted by molar-refractivity contribution is 5.99. The van der Waals surface area contributed by atoms with Gasteiger partial charge in [0.1, 0.15) is 6.04 Å². The molecule has 24 heavy (non-hydrogen) atoms. The average molecular weight is 325 g/mol. The topological polar surface area (TPSA) is 84.2 Å². The van der Waals surface area contributed by atoms with Crippen molar-refractivity contribution in [2.45, 2.75) is 32.4 Å². The number of nitrogens with one attached hydrogen (secondary N) is 2. The van der Waals surface area contributed by atoms with Crippen molar-refractivity contribution in [2.24, 2.45) is 5.73 Å². The maximum atomic E-state index is 12.3. The van der Waals surface area contributed by atoms with Gasteiger partial charge in [0.25, 0.3) is 5.91 Å². The molecule has 4 N–H and O–H groups in total. The van der Waals surface area contributed by atoms with Gasteiger partial charge in [0, 0.05) is 16.8 Å². The first-order valence-electron chi connectivity index (χ1n) is 7.80. The largest absolute Gasteiger partial charge is 0.347 e. The molecule has 0 aliphatic carbocycles. The van der Waals surface area contributed by atoms with Crippen LogP contribution in [-0.2, 0) is 4.79 Å². The van der Waals surface area contributed by atoms with Gasteiger partial charge in [-0.3, -0.25) is 9.59 Å². The standard InChI is InChI=1S/C19H23N3O2/c1-19(2,3)22-17(23)14-10-7-11-15(12-14)21-18(24)16(20)13-8-5-4-6-9-13/h4-12,16H,20H2,1-3H3,(H,21,24)(H,22,23). The lowest BCUT2D eigenvalue weighted by Gasteiger charge is -2.20. The van der Waals surface area contributed by atoms with Crippen LogP contribution in [0.4, 0.5) is 5.69 Å². The third kappa shape index (κ3) is 4.93. The van der Waals surface area contributed by atoms with E-state index in [1.54, 1.807) is 36.4 Å². The predicted octanol–water partition coefficient (Wildman–Crippen LogP) is 2.85. The highest BCUT2D eigenvalue weighted by Gasteiger charge is 2.18. The molecule has 2 aromatic rings. The fraction of sp³-hybridized carbons (Fsp3) is 0.263. The minimum absolute atomic E-state index is 0.189. The van der Waals surface area contributed by atoms with Gasteiger partial charge in [-0.15, -0.1) is 0 Å². The summed E-state index contributed by atoms with van der Waals surface area (Å²) in [5.74, 6) is -0.513. The van der Waals surface area contributed by atoms with Crippen LogP contribution in [0.5, 0.6) is 0 Å². The summed E-state index contributed by atoms with van der Waals surface area (Å²) < 4.78 is 0. The molecule has 0 saturated carbocycles. The van der Waals surface area contributed by atoms with Gasteiger partial charge in [0.05, 0.1) is 0 Å². The summed E-state index contributed by atoms with van der Waals surface area (Å²) in [5, 5.41) is 5.64. The number of hydrogen-bond donors (Lipinski definition) is 3. The van der Waals surface area contributed by atoms with E-state index in [0.717, 1.165) is 5.56 Å². The number of hydrogen-bond acceptors (Lipinski definition) is 3. The van der Waals surface area contributed by atoms with Crippen LogP contribution in [0, 0.1) is 0 Å². The Hall–Kier alpha value is -2.66. The molecule has 5 nitrogen and oxygen atoms in total. The molecule has 2 rings (SSSR count). The van der Waals surface area contributed by atoms with E-state index in [-0.39, 0.29) is 17.4 Å². The Morgan fingerprint density at radius 2 is 1.67 bits per heavy atom. The van der Waals surface area contributed by atoms with E-state index in [0.29, 0.717) is 11.3 Å². The van der Waals surface area contributed by atoms with E-state index in [2.05, 4.69) is 10.6 Å². The quantitative estimate of drug-likeness (QED) is 0.808. The summed E-state index contributed by atoms with van der Waals surface area (Å²) in [4.78, 5) is 24.5. The number of anilines is 1. The Kier molecular flexibility index (Phi) is 5.36. The third-order valence-corrected chi connectivity index (χ3v) is 3.32. The normalized spacial score (nSPS) is 12.3.